The van der Waals surface area contributed by atoms with E-state index < -0.39 is 48.3 Å². The number of hydrogen-bond acceptors (Lipinski definition) is 3. The molecule has 0 saturated heterocycles. The molecule has 182 valence electrons. The number of anilines is 2. The lowest BCUT2D eigenvalue weighted by Gasteiger charge is -2.25. The van der Waals surface area contributed by atoms with Gasteiger partial charge in [-0.2, -0.15) is 0 Å². The molecule has 0 aliphatic carbocycles. The van der Waals surface area contributed by atoms with E-state index in [1.807, 2.05) is 0 Å². The summed E-state index contributed by atoms with van der Waals surface area (Å²) in [6, 6.07) is 12.7. The zero-order chi connectivity index (χ0) is 25.4. The van der Waals surface area contributed by atoms with Crippen molar-refractivity contribution in [3.8, 4) is 11.3 Å². The summed E-state index contributed by atoms with van der Waals surface area (Å²) < 4.78 is 54.0. The maximum Gasteiger partial charge on any atom is 0.269 e. The van der Waals surface area contributed by atoms with Crippen molar-refractivity contribution >= 4 is 23.2 Å². The van der Waals surface area contributed by atoms with Crippen LogP contribution in [0.25, 0.3) is 11.3 Å². The van der Waals surface area contributed by atoms with Crippen molar-refractivity contribution in [1.82, 2.24) is 4.57 Å². The summed E-state index contributed by atoms with van der Waals surface area (Å²) in [6.45, 7) is 1.09. The molecule has 2 heterocycles. The monoisotopic (exact) mass is 487 g/mol. The number of nitrogens with zero attached hydrogens (tertiary/aromatic N) is 2. The molecule has 1 aromatic heterocycles. The van der Waals surface area contributed by atoms with Gasteiger partial charge in [-0.1, -0.05) is 36.4 Å². The van der Waals surface area contributed by atoms with Crippen LogP contribution in [-0.4, -0.2) is 22.9 Å². The lowest BCUT2D eigenvalue weighted by molar-refractivity contribution is -0.122. The Kier molecular flexibility index (Phi) is 6.47. The highest BCUT2D eigenvalue weighted by Crippen LogP contribution is 2.41. The Morgan fingerprint density at radius 2 is 1.66 bits per heavy atom. The molecule has 1 aliphatic heterocycles. The number of pyridine rings is 1. The Bertz CT molecular complexity index is 1350. The average molecular weight is 487 g/mol. The summed E-state index contributed by atoms with van der Waals surface area (Å²) in [6.07, 6.45) is -5.75. The first-order valence-electron chi connectivity index (χ1n) is 10.7. The summed E-state index contributed by atoms with van der Waals surface area (Å²) in [7, 11) is 1.34. The van der Waals surface area contributed by atoms with E-state index in [1.165, 1.54) is 19.2 Å². The van der Waals surface area contributed by atoms with Crippen LogP contribution in [0.4, 0.5) is 28.9 Å². The van der Waals surface area contributed by atoms with Gasteiger partial charge in [-0.3, -0.25) is 14.4 Å². The molecule has 1 atom stereocenters. The van der Waals surface area contributed by atoms with Crippen molar-refractivity contribution < 1.29 is 27.2 Å². The number of carbonyl (C=O) groups excluding carboxylic acids is 2. The fraction of sp³-hybridized carbons (Fsp3) is 0.240. The largest absolute Gasteiger partial charge is 0.325 e. The SMILES string of the molecule is C[C@@H]1C(=O)N(CC(=O)Nc2ccc(C(F)F)cc2)c2cc(C(F)F)c(=O)n(C)c2-c2ccccc21. The van der Waals surface area contributed by atoms with Crippen LogP contribution in [0.3, 0.4) is 0 Å². The minimum Gasteiger partial charge on any atom is -0.325 e. The molecular formula is C25H21F4N3O3. The lowest BCUT2D eigenvalue weighted by Crippen LogP contribution is -2.40. The van der Waals surface area contributed by atoms with Gasteiger partial charge in [-0.25, -0.2) is 17.6 Å². The molecule has 4 rings (SSSR count). The highest BCUT2D eigenvalue weighted by Gasteiger charge is 2.35. The number of fused-ring (bicyclic) bond motifs is 3. The molecule has 1 N–H and O–H groups in total. The van der Waals surface area contributed by atoms with Crippen LogP contribution in [-0.2, 0) is 16.6 Å². The van der Waals surface area contributed by atoms with E-state index in [0.717, 1.165) is 27.7 Å². The Morgan fingerprint density at radius 1 is 1.00 bits per heavy atom. The van der Waals surface area contributed by atoms with Crippen LogP contribution in [0.1, 0.15) is 42.4 Å². The summed E-state index contributed by atoms with van der Waals surface area (Å²) >= 11 is 0. The minimum absolute atomic E-state index is 0.00685. The van der Waals surface area contributed by atoms with Gasteiger partial charge in [0.2, 0.25) is 11.8 Å². The number of benzene rings is 2. The Labute approximate surface area is 197 Å². The topological polar surface area (TPSA) is 71.4 Å². The van der Waals surface area contributed by atoms with Crippen LogP contribution in [0, 0.1) is 0 Å². The molecule has 0 saturated carbocycles. The molecule has 10 heteroatoms. The highest BCUT2D eigenvalue weighted by atomic mass is 19.3. The number of rotatable bonds is 5. The van der Waals surface area contributed by atoms with Gasteiger partial charge >= 0.3 is 0 Å². The molecule has 0 fully saturated rings. The van der Waals surface area contributed by atoms with Gasteiger partial charge in [0, 0.05) is 23.9 Å². The first-order chi connectivity index (χ1) is 16.6. The van der Waals surface area contributed by atoms with Crippen LogP contribution in [0.5, 0.6) is 0 Å². The molecule has 3 aromatic rings. The van der Waals surface area contributed by atoms with E-state index in [-0.39, 0.29) is 22.6 Å². The maximum absolute atomic E-state index is 13.7. The molecule has 35 heavy (non-hydrogen) atoms. The third-order valence-electron chi connectivity index (χ3n) is 6.01. The minimum atomic E-state index is -3.09. The van der Waals surface area contributed by atoms with E-state index in [4.69, 9.17) is 0 Å². The molecule has 0 radical (unpaired) electrons. The van der Waals surface area contributed by atoms with E-state index in [9.17, 15) is 31.9 Å². The van der Waals surface area contributed by atoms with Crippen molar-refractivity contribution in [3.63, 3.8) is 0 Å². The van der Waals surface area contributed by atoms with Gasteiger partial charge < -0.3 is 14.8 Å². The van der Waals surface area contributed by atoms with Crippen molar-refractivity contribution in [1.29, 1.82) is 0 Å². The Morgan fingerprint density at radius 3 is 2.29 bits per heavy atom. The van der Waals surface area contributed by atoms with Crippen molar-refractivity contribution in [3.05, 3.63) is 81.6 Å². The Hall–Kier alpha value is -3.95. The van der Waals surface area contributed by atoms with E-state index in [1.54, 1.807) is 31.2 Å². The Balaban J connectivity index is 1.78. The third-order valence-corrected chi connectivity index (χ3v) is 6.01. The second-order valence-electron chi connectivity index (χ2n) is 8.20. The predicted molar refractivity (Wildman–Crippen MR) is 123 cm³/mol. The number of amides is 2. The fourth-order valence-corrected chi connectivity index (χ4v) is 4.22. The molecule has 2 amide bonds. The molecule has 2 aromatic carbocycles. The summed E-state index contributed by atoms with van der Waals surface area (Å²) in [5, 5.41) is 2.53. The zero-order valence-corrected chi connectivity index (χ0v) is 18.8. The number of hydrogen-bond donors (Lipinski definition) is 1. The smallest absolute Gasteiger partial charge is 0.269 e. The van der Waals surface area contributed by atoms with Crippen molar-refractivity contribution in [2.45, 2.75) is 25.7 Å². The number of halogens is 4. The number of carbonyl (C=O) groups is 2. The third kappa shape index (κ3) is 4.43. The van der Waals surface area contributed by atoms with Crippen LogP contribution in [0.2, 0.25) is 0 Å². The lowest BCUT2D eigenvalue weighted by atomic mass is 9.94. The second kappa shape index (κ2) is 9.36. The van der Waals surface area contributed by atoms with Crippen LogP contribution < -0.4 is 15.8 Å². The summed E-state index contributed by atoms with van der Waals surface area (Å²) in [4.78, 5) is 40.0. The number of aromatic nitrogens is 1. The van der Waals surface area contributed by atoms with Gasteiger partial charge in [0.05, 0.1) is 22.9 Å². The molecular weight excluding hydrogens is 466 g/mol. The number of nitrogens with one attached hydrogen (secondary N) is 1. The van der Waals surface area contributed by atoms with E-state index in [2.05, 4.69) is 5.32 Å². The molecule has 0 spiro atoms. The van der Waals surface area contributed by atoms with Gasteiger partial charge in [0.1, 0.15) is 6.54 Å². The predicted octanol–water partition coefficient (Wildman–Crippen LogP) is 5.02. The maximum atomic E-state index is 13.7. The fourth-order valence-electron chi connectivity index (χ4n) is 4.22. The van der Waals surface area contributed by atoms with Crippen molar-refractivity contribution in [2.24, 2.45) is 7.05 Å². The molecule has 0 bridgehead atoms. The first kappa shape index (κ1) is 24.2. The number of alkyl halides is 4. The second-order valence-corrected chi connectivity index (χ2v) is 8.20. The van der Waals surface area contributed by atoms with E-state index >= 15 is 0 Å². The van der Waals surface area contributed by atoms with Gasteiger partial charge in [-0.15, -0.1) is 0 Å². The molecule has 1 aliphatic rings. The quantitative estimate of drug-likeness (QED) is 0.514. The zero-order valence-electron chi connectivity index (χ0n) is 18.8. The van der Waals surface area contributed by atoms with Crippen molar-refractivity contribution in [2.75, 3.05) is 16.8 Å². The summed E-state index contributed by atoms with van der Waals surface area (Å²) in [5.74, 6) is -1.92. The average Bonchev–Trinajstić information content (AvgIpc) is 2.91. The normalized spacial score (nSPS) is 15.1. The molecule has 0 unspecified atom stereocenters. The first-order valence-corrected chi connectivity index (χ1v) is 10.7. The summed E-state index contributed by atoms with van der Waals surface area (Å²) in [5.41, 5.74) is -0.329. The highest BCUT2D eigenvalue weighted by molar-refractivity contribution is 6.09. The van der Waals surface area contributed by atoms with E-state index in [0.29, 0.717) is 11.1 Å². The van der Waals surface area contributed by atoms with Gasteiger partial charge in [0.15, 0.2) is 0 Å². The standard InChI is InChI=1S/C25H21F4N3O3/c1-13-16-5-3-4-6-17(16)21-19(11-18(23(28)29)25(35)31(21)2)32(24(13)34)12-20(33)30-15-9-7-14(8-10-15)22(26)27/h3-11,13,22-23H,12H2,1-2H3,(H,30,33)/t13-/m0/s1. The van der Waals surface area contributed by atoms with Gasteiger partial charge in [0.25, 0.3) is 18.4 Å². The van der Waals surface area contributed by atoms with Gasteiger partial charge in [-0.05, 0) is 30.7 Å². The molecule has 6 nitrogen and oxygen atoms in total. The van der Waals surface area contributed by atoms with Crippen LogP contribution >= 0.6 is 0 Å². The van der Waals surface area contributed by atoms with Crippen LogP contribution in [0.15, 0.2) is 59.4 Å².